The van der Waals surface area contributed by atoms with E-state index in [0.717, 1.165) is 6.42 Å². The monoisotopic (exact) mass is 203 g/mol. The molecule has 5 heteroatoms. The van der Waals surface area contributed by atoms with Crippen LogP contribution in [0, 0.1) is 0 Å². The first kappa shape index (κ1) is 11.3. The highest BCUT2D eigenvalue weighted by Crippen LogP contribution is 2.13. The molecule has 82 valence electrons. The van der Waals surface area contributed by atoms with E-state index in [-0.39, 0.29) is 18.7 Å². The van der Waals surface area contributed by atoms with E-state index in [1.54, 1.807) is 12.0 Å². The Bertz CT molecular complexity index is 186. The molecule has 0 saturated carbocycles. The maximum absolute atomic E-state index is 11.3. The highest BCUT2D eigenvalue weighted by Gasteiger charge is 2.28. The number of rotatable bonds is 5. The summed E-state index contributed by atoms with van der Waals surface area (Å²) in [4.78, 5) is 12.9. The van der Waals surface area contributed by atoms with Gasteiger partial charge in [0.05, 0.1) is 19.3 Å². The van der Waals surface area contributed by atoms with Gasteiger partial charge in [-0.2, -0.15) is 0 Å². The summed E-state index contributed by atoms with van der Waals surface area (Å²) in [5.74, 6) is 0. The van der Waals surface area contributed by atoms with Crippen molar-refractivity contribution in [3.63, 3.8) is 0 Å². The van der Waals surface area contributed by atoms with Crippen LogP contribution in [0.3, 0.4) is 0 Å². The van der Waals surface area contributed by atoms with Crippen LogP contribution < -0.4 is 0 Å². The summed E-state index contributed by atoms with van der Waals surface area (Å²) >= 11 is 0. The van der Waals surface area contributed by atoms with Gasteiger partial charge in [0.25, 0.3) is 0 Å². The molecule has 0 aromatic carbocycles. The van der Waals surface area contributed by atoms with Gasteiger partial charge in [-0.15, -0.1) is 0 Å². The largest absolute Gasteiger partial charge is 0.449 e. The van der Waals surface area contributed by atoms with Crippen LogP contribution in [0.15, 0.2) is 0 Å². The number of nitrogens with zero attached hydrogens (tertiary/aromatic N) is 1. The summed E-state index contributed by atoms with van der Waals surface area (Å²) in [6.45, 7) is 1.60. The van der Waals surface area contributed by atoms with E-state index in [9.17, 15) is 4.79 Å². The third-order valence-electron chi connectivity index (χ3n) is 2.31. The number of cyclic esters (lactones) is 1. The zero-order chi connectivity index (χ0) is 10.4. The maximum Gasteiger partial charge on any atom is 0.410 e. The van der Waals surface area contributed by atoms with Crippen molar-refractivity contribution < 1.29 is 19.4 Å². The van der Waals surface area contributed by atoms with Crippen molar-refractivity contribution in [2.75, 3.05) is 33.5 Å². The molecule has 1 aliphatic heterocycles. The van der Waals surface area contributed by atoms with Crippen LogP contribution in [0.2, 0.25) is 0 Å². The van der Waals surface area contributed by atoms with E-state index < -0.39 is 0 Å². The molecule has 1 aliphatic rings. The smallest absolute Gasteiger partial charge is 0.410 e. The summed E-state index contributed by atoms with van der Waals surface area (Å²) in [7, 11) is 1.62. The first-order chi connectivity index (χ1) is 6.79. The van der Waals surface area contributed by atoms with E-state index >= 15 is 0 Å². The van der Waals surface area contributed by atoms with Gasteiger partial charge >= 0.3 is 6.09 Å². The molecule has 1 fully saturated rings. The van der Waals surface area contributed by atoms with E-state index in [1.165, 1.54) is 0 Å². The van der Waals surface area contributed by atoms with Crippen molar-refractivity contribution >= 4 is 6.09 Å². The highest BCUT2D eigenvalue weighted by atomic mass is 16.6. The lowest BCUT2D eigenvalue weighted by Crippen LogP contribution is -2.48. The second kappa shape index (κ2) is 5.82. The Labute approximate surface area is 83.6 Å². The van der Waals surface area contributed by atoms with Gasteiger partial charge in [-0.05, 0) is 6.42 Å². The lowest BCUT2D eigenvalue weighted by Gasteiger charge is -2.33. The maximum atomic E-state index is 11.3. The normalized spacial score (nSPS) is 22.3. The minimum atomic E-state index is -0.327. The number of aliphatic hydroxyl groups is 1. The molecule has 1 unspecified atom stereocenters. The lowest BCUT2D eigenvalue weighted by molar-refractivity contribution is 0.0219. The zero-order valence-corrected chi connectivity index (χ0v) is 8.44. The van der Waals surface area contributed by atoms with Gasteiger partial charge in [0.15, 0.2) is 0 Å². The fraction of sp³-hybridized carbons (Fsp3) is 0.889. The van der Waals surface area contributed by atoms with Gasteiger partial charge in [-0.25, -0.2) is 4.79 Å². The fourth-order valence-electron chi connectivity index (χ4n) is 1.51. The van der Waals surface area contributed by atoms with Crippen LogP contribution in [0.4, 0.5) is 4.79 Å². The molecule has 1 saturated heterocycles. The highest BCUT2D eigenvalue weighted by molar-refractivity contribution is 5.68. The van der Waals surface area contributed by atoms with Crippen molar-refractivity contribution in [3.05, 3.63) is 0 Å². The summed E-state index contributed by atoms with van der Waals surface area (Å²) < 4.78 is 9.78. The van der Waals surface area contributed by atoms with Crippen LogP contribution in [-0.4, -0.2) is 55.6 Å². The van der Waals surface area contributed by atoms with E-state index in [0.29, 0.717) is 26.2 Å². The molecule has 0 bridgehead atoms. The SMILES string of the molecule is COCCCN1C(=O)OCCC1CO. The summed E-state index contributed by atoms with van der Waals surface area (Å²) in [6, 6.07) is -0.0897. The van der Waals surface area contributed by atoms with Crippen LogP contribution >= 0.6 is 0 Å². The summed E-state index contributed by atoms with van der Waals surface area (Å²) in [6.07, 6.45) is 1.14. The number of carbonyl (C=O) groups excluding carboxylic acids is 1. The molecule has 0 aromatic rings. The molecule has 1 atom stereocenters. The number of aliphatic hydroxyl groups excluding tert-OH is 1. The van der Waals surface area contributed by atoms with Crippen molar-refractivity contribution in [1.29, 1.82) is 0 Å². The molecule has 0 spiro atoms. The number of ether oxygens (including phenoxy) is 2. The Morgan fingerprint density at radius 2 is 2.50 bits per heavy atom. The van der Waals surface area contributed by atoms with Crippen molar-refractivity contribution in [1.82, 2.24) is 4.90 Å². The molecule has 1 N–H and O–H groups in total. The molecule has 0 aliphatic carbocycles. The Hall–Kier alpha value is -0.810. The molecule has 1 rings (SSSR count). The van der Waals surface area contributed by atoms with Gasteiger partial charge < -0.3 is 19.5 Å². The number of methoxy groups -OCH3 is 1. The number of hydrogen-bond donors (Lipinski definition) is 1. The van der Waals surface area contributed by atoms with Gasteiger partial charge in [0.2, 0.25) is 0 Å². The minimum Gasteiger partial charge on any atom is -0.449 e. The third-order valence-corrected chi connectivity index (χ3v) is 2.31. The molecule has 1 heterocycles. The van der Waals surface area contributed by atoms with E-state index in [4.69, 9.17) is 14.6 Å². The standard InChI is InChI=1S/C9H17NO4/c1-13-5-2-4-10-8(7-11)3-6-14-9(10)12/h8,11H,2-7H2,1H3. The van der Waals surface area contributed by atoms with Gasteiger partial charge in [0, 0.05) is 26.7 Å². The summed E-state index contributed by atoms with van der Waals surface area (Å²) in [5.41, 5.74) is 0. The molecule has 0 aromatic heterocycles. The van der Waals surface area contributed by atoms with Gasteiger partial charge in [-0.3, -0.25) is 0 Å². The third kappa shape index (κ3) is 2.85. The molecule has 14 heavy (non-hydrogen) atoms. The average Bonchev–Trinajstić information content (AvgIpc) is 2.20. The second-order valence-electron chi connectivity index (χ2n) is 3.28. The molecular weight excluding hydrogens is 186 g/mol. The quantitative estimate of drug-likeness (QED) is 0.650. The van der Waals surface area contributed by atoms with Crippen LogP contribution in [0.25, 0.3) is 0 Å². The van der Waals surface area contributed by atoms with Crippen LogP contribution in [0.1, 0.15) is 12.8 Å². The first-order valence-corrected chi connectivity index (χ1v) is 4.82. The van der Waals surface area contributed by atoms with Crippen LogP contribution in [0.5, 0.6) is 0 Å². The van der Waals surface area contributed by atoms with Crippen molar-refractivity contribution in [2.24, 2.45) is 0 Å². The average molecular weight is 203 g/mol. The molecule has 1 amide bonds. The Morgan fingerprint density at radius 1 is 1.71 bits per heavy atom. The number of carbonyl (C=O) groups is 1. The second-order valence-corrected chi connectivity index (χ2v) is 3.28. The van der Waals surface area contributed by atoms with Crippen molar-refractivity contribution in [3.8, 4) is 0 Å². The molecule has 0 radical (unpaired) electrons. The summed E-state index contributed by atoms with van der Waals surface area (Å²) in [5, 5.41) is 9.06. The molecule has 5 nitrogen and oxygen atoms in total. The van der Waals surface area contributed by atoms with Crippen LogP contribution in [-0.2, 0) is 9.47 Å². The van der Waals surface area contributed by atoms with Crippen molar-refractivity contribution in [2.45, 2.75) is 18.9 Å². The Kier molecular flexibility index (Phi) is 4.69. The van der Waals surface area contributed by atoms with E-state index in [2.05, 4.69) is 0 Å². The number of amides is 1. The number of hydrogen-bond acceptors (Lipinski definition) is 4. The first-order valence-electron chi connectivity index (χ1n) is 4.82. The van der Waals surface area contributed by atoms with Gasteiger partial charge in [-0.1, -0.05) is 0 Å². The molecular formula is C9H17NO4. The predicted octanol–water partition coefficient (Wildman–Crippen LogP) is 0.226. The van der Waals surface area contributed by atoms with E-state index in [1.807, 2.05) is 0 Å². The topological polar surface area (TPSA) is 59.0 Å². The fourth-order valence-corrected chi connectivity index (χ4v) is 1.51. The Balaban J connectivity index is 2.38. The predicted molar refractivity (Wildman–Crippen MR) is 50.0 cm³/mol. The van der Waals surface area contributed by atoms with Gasteiger partial charge in [0.1, 0.15) is 0 Å². The Morgan fingerprint density at radius 3 is 3.14 bits per heavy atom. The lowest BCUT2D eigenvalue weighted by atomic mass is 10.1. The minimum absolute atomic E-state index is 0.00207. The zero-order valence-electron chi connectivity index (χ0n) is 8.44.